The van der Waals surface area contributed by atoms with Crippen molar-refractivity contribution in [3.8, 4) is 11.3 Å². The van der Waals surface area contributed by atoms with Crippen LogP contribution < -0.4 is 5.73 Å². The average molecular weight is 1130 g/mol. The van der Waals surface area contributed by atoms with Crippen LogP contribution in [0.2, 0.25) is 0 Å². The number of anilines is 1. The number of ether oxygens (including phenoxy) is 1. The van der Waals surface area contributed by atoms with E-state index in [0.717, 1.165) is 11.3 Å². The summed E-state index contributed by atoms with van der Waals surface area (Å²) in [4.78, 5) is 32.2. The van der Waals surface area contributed by atoms with Gasteiger partial charge in [0.1, 0.15) is 9.71 Å². The predicted octanol–water partition coefficient (Wildman–Crippen LogP) is 8.17. The number of halogens is 5. The van der Waals surface area contributed by atoms with E-state index in [1.54, 1.807) is 19.1 Å². The molecule has 3 aromatic rings. The fourth-order valence-electron chi connectivity index (χ4n) is 2.42. The monoisotopic (exact) mass is 1130 g/mol. The summed E-state index contributed by atoms with van der Waals surface area (Å²) in [7, 11) is 0.628. The fraction of sp³-hybridized carbons (Fsp3) is 0.188. The third kappa shape index (κ3) is 10.8. The number of fused-ring (bicyclic) bond motifs is 1. The number of esters is 1. The number of aromatic nitrogens is 2. The van der Waals surface area contributed by atoms with Crippen molar-refractivity contribution < 1.29 is 28.8 Å². The van der Waals surface area contributed by atoms with Crippen molar-refractivity contribution in [1.29, 1.82) is 0 Å². The van der Waals surface area contributed by atoms with Crippen molar-refractivity contribution in [3.05, 3.63) is 39.3 Å². The summed E-state index contributed by atoms with van der Waals surface area (Å²) in [5.74, 6) is -0.524. The third-order valence-electron chi connectivity index (χ3n) is 3.54. The van der Waals surface area contributed by atoms with Gasteiger partial charge in [-0.2, -0.15) is 0 Å². The first kappa shape index (κ1) is 33.1. The molecule has 0 amide bonds. The van der Waals surface area contributed by atoms with Crippen LogP contribution in [0.5, 0.6) is 0 Å². The molecule has 0 aliphatic heterocycles. The minimum absolute atomic E-state index is 0.0561. The zero-order chi connectivity index (χ0) is 25.1. The van der Waals surface area contributed by atoms with E-state index < -0.39 is 10.9 Å². The van der Waals surface area contributed by atoms with Crippen molar-refractivity contribution in [2.24, 2.45) is 0 Å². The molecule has 1 aromatic carbocycles. The molecular weight excluding hydrogens is 1110 g/mol. The standard InChI is InChI=1S/C16H14N4O4S2.5HI.2V/c1-3-24-15(21)13-11(17)10-12(18-16(25-2)19-14(10)26-13)8-5-4-6-9(7-8)20(22)23;;;;;;;/h4-7H,3,17H2,1-2H3;5*1H;;/q;;;;;;+2;+3/p-5. The number of non-ortho nitro benzene ring substituents is 1. The Morgan fingerprint density at radius 3 is 2.45 bits per heavy atom. The summed E-state index contributed by atoms with van der Waals surface area (Å²) < 4.78 is 5.04. The zero-order valence-electron chi connectivity index (χ0n) is 16.7. The van der Waals surface area contributed by atoms with Crippen LogP contribution in [0, 0.1) is 10.1 Å². The van der Waals surface area contributed by atoms with E-state index in [4.69, 9.17) is 10.5 Å². The molecule has 8 nitrogen and oxygen atoms in total. The molecule has 2 N–H and O–H groups in total. The number of carbonyl (C=O) groups is 1. The quantitative estimate of drug-likeness (QED) is 0.0679. The maximum absolute atomic E-state index is 12.1. The first-order chi connectivity index (χ1) is 15.6. The van der Waals surface area contributed by atoms with Crippen molar-refractivity contribution >= 4 is 151 Å². The van der Waals surface area contributed by atoms with E-state index in [-0.39, 0.29) is 27.8 Å². The zero-order valence-corrected chi connectivity index (χ0v) is 31.9. The first-order valence-corrected chi connectivity index (χ1v) is 32.9. The molecule has 179 valence electrons. The van der Waals surface area contributed by atoms with Gasteiger partial charge in [0, 0.05) is 17.7 Å². The van der Waals surface area contributed by atoms with Crippen LogP contribution in [-0.2, 0) is 19.1 Å². The summed E-state index contributed by atoms with van der Waals surface area (Å²) in [6, 6.07) is 6.11. The number of thioether (sulfide) groups is 1. The Morgan fingerprint density at radius 2 is 1.94 bits per heavy atom. The number of carbonyl (C=O) groups excluding carboxylic acids is 1. The summed E-state index contributed by atoms with van der Waals surface area (Å²) in [6.45, 7) is 1.94. The van der Waals surface area contributed by atoms with Crippen LogP contribution in [0.1, 0.15) is 16.6 Å². The number of nitrogen functional groups attached to an aromatic ring is 1. The van der Waals surface area contributed by atoms with E-state index in [0.29, 0.717) is 36.1 Å². The summed E-state index contributed by atoms with van der Waals surface area (Å²) in [6.07, 6.45) is 1.82. The van der Waals surface area contributed by atoms with Crippen LogP contribution in [0.3, 0.4) is 0 Å². The predicted molar refractivity (Wildman–Crippen MR) is 172 cm³/mol. The Balaban J connectivity index is 0.000000688. The van der Waals surface area contributed by atoms with E-state index in [2.05, 4.69) is 110 Å². The van der Waals surface area contributed by atoms with E-state index >= 15 is 0 Å². The van der Waals surface area contributed by atoms with Gasteiger partial charge in [-0.05, 0) is 13.2 Å². The van der Waals surface area contributed by atoms with Crippen LogP contribution in [0.25, 0.3) is 21.5 Å². The number of nitro benzene ring substituents is 1. The van der Waals surface area contributed by atoms with Crippen molar-refractivity contribution in [3.63, 3.8) is 0 Å². The number of benzene rings is 1. The molecule has 0 saturated carbocycles. The number of hydrogen-bond acceptors (Lipinski definition) is 9. The number of hydrogen-bond donors (Lipinski definition) is 1. The summed E-state index contributed by atoms with van der Waals surface area (Å²) >= 11 is 14.6. The molecule has 2 heterocycles. The second-order valence-electron chi connectivity index (χ2n) is 5.37. The van der Waals surface area contributed by atoms with E-state index in [9.17, 15) is 14.9 Å². The van der Waals surface area contributed by atoms with Crippen molar-refractivity contribution in [2.75, 3.05) is 18.6 Å². The molecule has 17 heteroatoms. The summed E-state index contributed by atoms with van der Waals surface area (Å²) in [5.41, 5.74) is 7.33. The molecule has 33 heavy (non-hydrogen) atoms. The Bertz CT molecular complexity index is 1110. The van der Waals surface area contributed by atoms with Gasteiger partial charge >= 0.3 is 120 Å². The van der Waals surface area contributed by atoms with Gasteiger partial charge in [0.25, 0.3) is 5.69 Å². The molecule has 0 unspecified atom stereocenters. The number of rotatable bonds is 5. The van der Waals surface area contributed by atoms with Crippen LogP contribution >= 0.6 is 123 Å². The third-order valence-corrected chi connectivity index (χ3v) is 5.17. The number of thiophene rings is 1. The number of nitro groups is 1. The van der Waals surface area contributed by atoms with Gasteiger partial charge in [0.15, 0.2) is 5.16 Å². The van der Waals surface area contributed by atoms with Crippen molar-refractivity contribution in [2.45, 2.75) is 12.1 Å². The molecule has 0 aliphatic carbocycles. The molecule has 2 aromatic heterocycles. The topological polar surface area (TPSA) is 121 Å². The Kier molecular flexibility index (Phi) is 17.6. The fourth-order valence-corrected chi connectivity index (χ4v) is 3.83. The van der Waals surface area contributed by atoms with Gasteiger partial charge in [-0.3, -0.25) is 10.1 Å². The maximum atomic E-state index is 12.1. The Hall–Kier alpha value is 2.10. The number of nitrogens with zero attached hydrogens (tertiary/aromatic N) is 3. The number of nitrogens with two attached hydrogens (primary N) is 1. The molecule has 0 saturated heterocycles. The second-order valence-corrected chi connectivity index (χ2v) is 54.3. The van der Waals surface area contributed by atoms with Gasteiger partial charge in [-0.1, -0.05) is 23.9 Å². The van der Waals surface area contributed by atoms with Gasteiger partial charge in [0.2, 0.25) is 0 Å². The molecular formula is C16H14I5N4O4S2V2. The molecule has 0 spiro atoms. The normalized spacial score (nSPS) is 10.1. The van der Waals surface area contributed by atoms with Crippen molar-refractivity contribution in [1.82, 2.24) is 9.97 Å². The van der Waals surface area contributed by atoms with Crippen LogP contribution in [-0.4, -0.2) is 33.7 Å². The van der Waals surface area contributed by atoms with Gasteiger partial charge in [-0.15, -0.1) is 11.3 Å². The van der Waals surface area contributed by atoms with E-state index in [1.165, 1.54) is 23.9 Å². The van der Waals surface area contributed by atoms with E-state index in [1.807, 2.05) is 6.26 Å². The molecule has 3 rings (SSSR count). The van der Waals surface area contributed by atoms with Gasteiger partial charge < -0.3 is 10.5 Å². The Morgan fingerprint density at radius 1 is 1.33 bits per heavy atom. The molecule has 0 bridgehead atoms. The molecule has 0 atom stereocenters. The van der Waals surface area contributed by atoms with Crippen LogP contribution in [0.4, 0.5) is 11.4 Å². The SMILES string of the molecule is CCOC(=O)c1sc2nc(SC)nc(-c3cccc([N+](=O)[O-])c3)c2c1N.[I][V]([I])[I].[I][V][I]. The molecule has 0 fully saturated rings. The average Bonchev–Trinajstić information content (AvgIpc) is 3.10. The Labute approximate surface area is 265 Å². The summed E-state index contributed by atoms with van der Waals surface area (Å²) in [5, 5.41) is 12.1. The van der Waals surface area contributed by atoms with Gasteiger partial charge in [-0.25, -0.2) is 14.8 Å². The molecule has 0 aliphatic rings. The second kappa shape index (κ2) is 17.6. The minimum atomic E-state index is -0.524. The molecule has 0 radical (unpaired) electrons. The van der Waals surface area contributed by atoms with Crippen LogP contribution in [0.15, 0.2) is 29.4 Å². The van der Waals surface area contributed by atoms with Gasteiger partial charge in [0.05, 0.1) is 28.3 Å². The first-order valence-electron chi connectivity index (χ1n) is 8.36.